The molecule has 0 unspecified atom stereocenters. The lowest BCUT2D eigenvalue weighted by molar-refractivity contribution is -0.0541. The van der Waals surface area contributed by atoms with Gasteiger partial charge in [-0.1, -0.05) is 60.7 Å². The summed E-state index contributed by atoms with van der Waals surface area (Å²) in [5, 5.41) is 18.4. The quantitative estimate of drug-likeness (QED) is 0.745. The predicted octanol–water partition coefficient (Wildman–Crippen LogP) is 2.36. The van der Waals surface area contributed by atoms with Crippen molar-refractivity contribution in [1.29, 1.82) is 0 Å². The average Bonchev–Trinajstić information content (AvgIpc) is 3.25. The molecule has 0 bridgehead atoms. The van der Waals surface area contributed by atoms with Crippen molar-refractivity contribution in [1.82, 2.24) is 19.8 Å². The number of nitrogens with zero attached hydrogens (tertiary/aromatic N) is 4. The van der Waals surface area contributed by atoms with Crippen LogP contribution in [0.1, 0.15) is 40.1 Å². The molecule has 2 aliphatic heterocycles. The second-order valence-corrected chi connectivity index (χ2v) is 7.31. The third-order valence-electron chi connectivity index (χ3n) is 5.66. The summed E-state index contributed by atoms with van der Waals surface area (Å²) in [6.07, 6.45) is 1.51. The number of hydrazine groups is 1. The van der Waals surface area contributed by atoms with E-state index in [1.807, 2.05) is 41.4 Å². The number of hydrogen-bond donors (Lipinski definition) is 1. The van der Waals surface area contributed by atoms with Gasteiger partial charge in [0.25, 0.3) is 5.91 Å². The number of rotatable bonds is 3. The first-order valence-electron chi connectivity index (χ1n) is 9.66. The van der Waals surface area contributed by atoms with Gasteiger partial charge in [-0.05, 0) is 17.5 Å². The van der Waals surface area contributed by atoms with E-state index in [4.69, 9.17) is 0 Å². The molecule has 0 aliphatic carbocycles. The van der Waals surface area contributed by atoms with E-state index in [2.05, 4.69) is 29.4 Å². The molecule has 0 radical (unpaired) electrons. The summed E-state index contributed by atoms with van der Waals surface area (Å²) in [6.45, 7) is 1.24. The fourth-order valence-electron chi connectivity index (χ4n) is 4.40. The zero-order chi connectivity index (χ0) is 20.0. The summed E-state index contributed by atoms with van der Waals surface area (Å²) in [5.41, 5.74) is 1.44. The van der Waals surface area contributed by atoms with Gasteiger partial charge in [-0.3, -0.25) is 14.6 Å². The smallest absolute Gasteiger partial charge is 0.290 e. The number of amides is 1. The van der Waals surface area contributed by atoms with Crippen molar-refractivity contribution in [3.63, 3.8) is 0 Å². The highest BCUT2D eigenvalue weighted by atomic mass is 16.3. The number of carbonyl (C=O) groups excluding carboxylic acids is 1. The fourth-order valence-corrected chi connectivity index (χ4v) is 4.40. The molecule has 1 atom stereocenters. The molecule has 1 aromatic heterocycles. The van der Waals surface area contributed by atoms with Crippen LogP contribution in [0.3, 0.4) is 0 Å². The minimum absolute atomic E-state index is 0.0440. The third kappa shape index (κ3) is 2.74. The molecule has 0 saturated carbocycles. The van der Waals surface area contributed by atoms with E-state index in [1.165, 1.54) is 4.68 Å². The fraction of sp³-hybridized carbons (Fsp3) is 0.227. The van der Waals surface area contributed by atoms with Gasteiger partial charge in [-0.2, -0.15) is 10.1 Å². The van der Waals surface area contributed by atoms with Crippen LogP contribution in [0.4, 0.5) is 0 Å². The molecule has 29 heavy (non-hydrogen) atoms. The molecule has 3 heterocycles. The Bertz CT molecular complexity index is 1070. The molecule has 1 fully saturated rings. The molecule has 7 heteroatoms. The van der Waals surface area contributed by atoms with Crippen LogP contribution in [0.2, 0.25) is 0 Å². The normalized spacial score (nSPS) is 18.7. The molecule has 1 saturated heterocycles. The Kier molecular flexibility index (Phi) is 4.17. The van der Waals surface area contributed by atoms with Crippen LogP contribution in [-0.2, 0) is 0 Å². The lowest BCUT2D eigenvalue weighted by Crippen LogP contribution is -2.54. The van der Waals surface area contributed by atoms with Gasteiger partial charge < -0.3 is 5.11 Å². The number of fused-ring (bicyclic) bond motifs is 2. The minimum Gasteiger partial charge on any atom is -0.502 e. The summed E-state index contributed by atoms with van der Waals surface area (Å²) >= 11 is 0. The summed E-state index contributed by atoms with van der Waals surface area (Å²) in [7, 11) is 0. The van der Waals surface area contributed by atoms with Crippen LogP contribution in [-0.4, -0.2) is 43.9 Å². The van der Waals surface area contributed by atoms with Gasteiger partial charge >= 0.3 is 0 Å². The van der Waals surface area contributed by atoms with E-state index in [1.54, 1.807) is 5.01 Å². The minimum atomic E-state index is -0.646. The van der Waals surface area contributed by atoms with E-state index in [9.17, 15) is 14.7 Å². The van der Waals surface area contributed by atoms with Crippen molar-refractivity contribution >= 4 is 5.91 Å². The summed E-state index contributed by atoms with van der Waals surface area (Å²) in [6, 6.07) is 20.1. The largest absolute Gasteiger partial charge is 0.502 e. The molecule has 146 valence electrons. The van der Waals surface area contributed by atoms with Crippen LogP contribution < -0.4 is 5.43 Å². The number of hydrogen-bond acceptors (Lipinski definition) is 5. The van der Waals surface area contributed by atoms with Gasteiger partial charge in [-0.25, -0.2) is 4.68 Å². The van der Waals surface area contributed by atoms with Gasteiger partial charge in [0.05, 0.1) is 6.20 Å². The van der Waals surface area contributed by atoms with Gasteiger partial charge in [0.2, 0.25) is 5.43 Å². The standard InChI is InChI=1S/C22H20N4O3/c27-17-14-23-26-19(20(17)28)22(29)25-13-7-12-24(25)21(26)18(15-8-3-1-4-9-15)16-10-5-2-6-11-16/h1-6,8-11,14,18,21,28H,7,12-13H2/t21-/m1/s1. The molecule has 2 aliphatic rings. The molecule has 1 N–H and O–H groups in total. The number of benzene rings is 2. The molecular weight excluding hydrogens is 368 g/mol. The highest BCUT2D eigenvalue weighted by molar-refractivity contribution is 5.95. The maximum absolute atomic E-state index is 13.0. The van der Waals surface area contributed by atoms with Crippen LogP contribution in [0.25, 0.3) is 0 Å². The Morgan fingerprint density at radius 2 is 1.55 bits per heavy atom. The highest BCUT2D eigenvalue weighted by Crippen LogP contribution is 2.43. The van der Waals surface area contributed by atoms with E-state index in [0.717, 1.165) is 23.7 Å². The third-order valence-corrected chi connectivity index (χ3v) is 5.66. The van der Waals surface area contributed by atoms with E-state index in [0.29, 0.717) is 13.1 Å². The van der Waals surface area contributed by atoms with E-state index >= 15 is 0 Å². The van der Waals surface area contributed by atoms with Crippen molar-refractivity contribution in [3.8, 4) is 5.75 Å². The Labute approximate surface area is 167 Å². The van der Waals surface area contributed by atoms with Crippen LogP contribution >= 0.6 is 0 Å². The lowest BCUT2D eigenvalue weighted by Gasteiger charge is -2.44. The Hall–Kier alpha value is -3.45. The van der Waals surface area contributed by atoms with Crippen LogP contribution in [0, 0.1) is 0 Å². The van der Waals surface area contributed by atoms with Crippen molar-refractivity contribution in [2.24, 2.45) is 0 Å². The Morgan fingerprint density at radius 1 is 0.931 bits per heavy atom. The Morgan fingerprint density at radius 3 is 2.17 bits per heavy atom. The zero-order valence-corrected chi connectivity index (χ0v) is 15.7. The van der Waals surface area contributed by atoms with Gasteiger partial charge in [0, 0.05) is 19.0 Å². The zero-order valence-electron chi connectivity index (χ0n) is 15.7. The number of aromatic nitrogens is 2. The molecular formula is C22H20N4O3. The molecule has 2 aromatic carbocycles. The average molecular weight is 388 g/mol. The van der Waals surface area contributed by atoms with E-state index in [-0.39, 0.29) is 23.7 Å². The molecule has 7 nitrogen and oxygen atoms in total. The second kappa shape index (κ2) is 6.86. The van der Waals surface area contributed by atoms with Gasteiger partial charge in [0.15, 0.2) is 11.4 Å². The molecule has 5 rings (SSSR count). The number of aromatic hydroxyl groups is 1. The van der Waals surface area contributed by atoms with Crippen molar-refractivity contribution in [3.05, 3.63) is 93.9 Å². The van der Waals surface area contributed by atoms with Crippen molar-refractivity contribution in [2.75, 3.05) is 13.1 Å². The summed E-state index contributed by atoms with van der Waals surface area (Å²) in [4.78, 5) is 25.1. The first kappa shape index (κ1) is 17.6. The van der Waals surface area contributed by atoms with Crippen LogP contribution in [0.15, 0.2) is 71.7 Å². The first-order valence-corrected chi connectivity index (χ1v) is 9.66. The Balaban J connectivity index is 1.78. The van der Waals surface area contributed by atoms with Crippen LogP contribution in [0.5, 0.6) is 5.75 Å². The van der Waals surface area contributed by atoms with Gasteiger partial charge in [-0.15, -0.1) is 0 Å². The molecule has 0 spiro atoms. The first-order chi connectivity index (χ1) is 14.2. The SMILES string of the molecule is O=C1c2c(O)c(=O)cnn2[C@H](C(c2ccccc2)c2ccccc2)N2CCCN12. The molecule has 3 aromatic rings. The van der Waals surface area contributed by atoms with Gasteiger partial charge in [0.1, 0.15) is 6.17 Å². The maximum Gasteiger partial charge on any atom is 0.290 e. The molecule has 1 amide bonds. The monoisotopic (exact) mass is 388 g/mol. The second-order valence-electron chi connectivity index (χ2n) is 7.31. The highest BCUT2D eigenvalue weighted by Gasteiger charge is 2.46. The van der Waals surface area contributed by atoms with Crippen molar-refractivity contribution in [2.45, 2.75) is 18.5 Å². The van der Waals surface area contributed by atoms with E-state index < -0.39 is 11.2 Å². The maximum atomic E-state index is 13.0. The predicted molar refractivity (Wildman–Crippen MR) is 106 cm³/mol. The topological polar surface area (TPSA) is 78.7 Å². The summed E-state index contributed by atoms with van der Waals surface area (Å²) in [5.74, 6) is -1.08. The lowest BCUT2D eigenvalue weighted by atomic mass is 9.87. The van der Waals surface area contributed by atoms with Crippen molar-refractivity contribution < 1.29 is 9.90 Å². The summed E-state index contributed by atoms with van der Waals surface area (Å²) < 4.78 is 1.52. The number of carbonyl (C=O) groups is 1.